The molecule has 180 valence electrons. The summed E-state index contributed by atoms with van der Waals surface area (Å²) in [5.41, 5.74) is 8.95. The van der Waals surface area contributed by atoms with Gasteiger partial charge in [0.25, 0.3) is 0 Å². The molecule has 2 aromatic heterocycles. The lowest BCUT2D eigenvalue weighted by Gasteiger charge is -2.21. The average molecular weight is 473 g/mol. The molecule has 0 fully saturated rings. The molecule has 9 nitrogen and oxygen atoms in total. The number of aromatic hydroxyl groups is 1. The summed E-state index contributed by atoms with van der Waals surface area (Å²) in [4.78, 5) is 22.7. The zero-order valence-corrected chi connectivity index (χ0v) is 19.6. The van der Waals surface area contributed by atoms with Crippen LogP contribution in [-0.2, 0) is 17.9 Å². The monoisotopic (exact) mass is 472 g/mol. The standard InChI is InChI=1S/C26H28N6O3/c1-3-14-35-21-11-10-19(15-20(21)33)24-23-25(27)28-17-29-26(23)32(30-24)13-12-31(22(34)4-2)16-18-8-6-5-7-9-18/h4-11,15,17,33H,2-3,12-14,16H2,1H3,(H2,27,28,29). The number of nitrogen functional groups attached to an aromatic ring is 1. The summed E-state index contributed by atoms with van der Waals surface area (Å²) in [7, 11) is 0. The van der Waals surface area contributed by atoms with Crippen molar-refractivity contribution in [3.8, 4) is 22.8 Å². The van der Waals surface area contributed by atoms with Crippen LogP contribution >= 0.6 is 0 Å². The lowest BCUT2D eigenvalue weighted by molar-refractivity contribution is -0.126. The molecule has 0 atom stereocenters. The molecule has 2 heterocycles. The molecule has 0 saturated heterocycles. The molecule has 9 heteroatoms. The lowest BCUT2D eigenvalue weighted by Crippen LogP contribution is -2.32. The molecule has 2 aromatic carbocycles. The van der Waals surface area contributed by atoms with E-state index in [-0.39, 0.29) is 17.5 Å². The van der Waals surface area contributed by atoms with Crippen molar-refractivity contribution in [2.24, 2.45) is 0 Å². The maximum atomic E-state index is 12.5. The van der Waals surface area contributed by atoms with Gasteiger partial charge in [-0.3, -0.25) is 4.79 Å². The molecule has 0 spiro atoms. The molecular formula is C26H28N6O3. The Morgan fingerprint density at radius 2 is 2.03 bits per heavy atom. The zero-order chi connectivity index (χ0) is 24.8. The zero-order valence-electron chi connectivity index (χ0n) is 19.6. The van der Waals surface area contributed by atoms with Crippen LogP contribution in [0.5, 0.6) is 11.5 Å². The first-order chi connectivity index (χ1) is 17.0. The molecule has 4 aromatic rings. The van der Waals surface area contributed by atoms with E-state index in [9.17, 15) is 9.90 Å². The van der Waals surface area contributed by atoms with Crippen molar-refractivity contribution in [2.75, 3.05) is 18.9 Å². The van der Waals surface area contributed by atoms with Gasteiger partial charge in [0.1, 0.15) is 17.8 Å². The number of benzene rings is 2. The van der Waals surface area contributed by atoms with E-state index in [0.717, 1.165) is 12.0 Å². The van der Waals surface area contributed by atoms with Gasteiger partial charge in [-0.25, -0.2) is 14.6 Å². The highest BCUT2D eigenvalue weighted by Gasteiger charge is 2.19. The van der Waals surface area contributed by atoms with E-state index in [1.54, 1.807) is 21.7 Å². The van der Waals surface area contributed by atoms with Gasteiger partial charge in [0, 0.05) is 18.7 Å². The summed E-state index contributed by atoms with van der Waals surface area (Å²) in [6.07, 6.45) is 3.52. The molecular weight excluding hydrogens is 444 g/mol. The van der Waals surface area contributed by atoms with E-state index < -0.39 is 0 Å². The van der Waals surface area contributed by atoms with Crippen LogP contribution < -0.4 is 10.5 Å². The van der Waals surface area contributed by atoms with Crippen LogP contribution in [-0.4, -0.2) is 48.8 Å². The van der Waals surface area contributed by atoms with E-state index in [2.05, 4.69) is 16.5 Å². The summed E-state index contributed by atoms with van der Waals surface area (Å²) >= 11 is 0. The highest BCUT2D eigenvalue weighted by atomic mass is 16.5. The summed E-state index contributed by atoms with van der Waals surface area (Å²) in [5, 5.41) is 15.8. The third kappa shape index (κ3) is 5.24. The Bertz CT molecular complexity index is 1340. The molecule has 0 saturated carbocycles. The third-order valence-electron chi connectivity index (χ3n) is 5.54. The van der Waals surface area contributed by atoms with Crippen molar-refractivity contribution in [1.82, 2.24) is 24.6 Å². The summed E-state index contributed by atoms with van der Waals surface area (Å²) in [6.45, 7) is 7.35. The van der Waals surface area contributed by atoms with Crippen LogP contribution in [0.4, 0.5) is 5.82 Å². The number of fused-ring (bicyclic) bond motifs is 1. The van der Waals surface area contributed by atoms with E-state index in [0.29, 0.717) is 54.3 Å². The fourth-order valence-electron chi connectivity index (χ4n) is 3.80. The Hall–Kier alpha value is -4.40. The number of anilines is 1. The number of carbonyl (C=O) groups is 1. The number of rotatable bonds is 10. The fraction of sp³-hybridized carbons (Fsp3) is 0.231. The number of phenols is 1. The number of hydrogen-bond acceptors (Lipinski definition) is 7. The Kier molecular flexibility index (Phi) is 7.25. The first-order valence-corrected chi connectivity index (χ1v) is 11.4. The smallest absolute Gasteiger partial charge is 0.246 e. The predicted octanol–water partition coefficient (Wildman–Crippen LogP) is 3.78. The van der Waals surface area contributed by atoms with Gasteiger partial charge in [-0.1, -0.05) is 43.8 Å². The van der Waals surface area contributed by atoms with Crippen molar-refractivity contribution in [3.05, 3.63) is 73.1 Å². The van der Waals surface area contributed by atoms with Crippen LogP contribution in [0.1, 0.15) is 18.9 Å². The van der Waals surface area contributed by atoms with Crippen molar-refractivity contribution in [3.63, 3.8) is 0 Å². The first-order valence-electron chi connectivity index (χ1n) is 11.4. The largest absolute Gasteiger partial charge is 0.504 e. The quantitative estimate of drug-likeness (QED) is 0.337. The van der Waals surface area contributed by atoms with E-state index in [1.807, 2.05) is 43.3 Å². The molecule has 4 rings (SSSR count). The molecule has 35 heavy (non-hydrogen) atoms. The number of amides is 1. The minimum Gasteiger partial charge on any atom is -0.504 e. The normalized spacial score (nSPS) is 10.9. The fourth-order valence-corrected chi connectivity index (χ4v) is 3.80. The van der Waals surface area contributed by atoms with Gasteiger partial charge >= 0.3 is 0 Å². The van der Waals surface area contributed by atoms with E-state index >= 15 is 0 Å². The summed E-state index contributed by atoms with van der Waals surface area (Å²) < 4.78 is 7.27. The second-order valence-electron chi connectivity index (χ2n) is 8.01. The Labute approximate surface area is 203 Å². The van der Waals surface area contributed by atoms with Gasteiger partial charge in [-0.2, -0.15) is 5.10 Å². The summed E-state index contributed by atoms with van der Waals surface area (Å²) in [5.74, 6) is 0.528. The SMILES string of the molecule is C=CC(=O)N(CCn1nc(-c2ccc(OCCC)c(O)c2)c2c(N)ncnc21)Cc1ccccc1. The number of hydrogen-bond donors (Lipinski definition) is 2. The van der Waals surface area contributed by atoms with Crippen molar-refractivity contribution in [1.29, 1.82) is 0 Å². The number of nitrogens with zero attached hydrogens (tertiary/aromatic N) is 5. The van der Waals surface area contributed by atoms with Crippen LogP contribution in [0, 0.1) is 0 Å². The molecule has 0 unspecified atom stereocenters. The molecule has 0 aliphatic carbocycles. The number of carbonyl (C=O) groups excluding carboxylic acids is 1. The highest BCUT2D eigenvalue weighted by molar-refractivity contribution is 5.98. The third-order valence-corrected chi connectivity index (χ3v) is 5.54. The second-order valence-corrected chi connectivity index (χ2v) is 8.01. The van der Waals surface area contributed by atoms with Gasteiger partial charge in [-0.15, -0.1) is 0 Å². The predicted molar refractivity (Wildman–Crippen MR) is 135 cm³/mol. The highest BCUT2D eigenvalue weighted by Crippen LogP contribution is 2.35. The topological polar surface area (TPSA) is 119 Å². The van der Waals surface area contributed by atoms with E-state index in [1.165, 1.54) is 12.4 Å². The van der Waals surface area contributed by atoms with Crippen molar-refractivity contribution in [2.45, 2.75) is 26.4 Å². The maximum Gasteiger partial charge on any atom is 0.246 e. The van der Waals surface area contributed by atoms with Gasteiger partial charge < -0.3 is 20.5 Å². The van der Waals surface area contributed by atoms with Gasteiger partial charge in [0.05, 0.1) is 18.5 Å². The van der Waals surface area contributed by atoms with Crippen molar-refractivity contribution >= 4 is 22.8 Å². The Morgan fingerprint density at radius 1 is 1.23 bits per heavy atom. The Morgan fingerprint density at radius 3 is 2.74 bits per heavy atom. The number of nitrogens with two attached hydrogens (primary N) is 1. The lowest BCUT2D eigenvalue weighted by atomic mass is 10.1. The first kappa shape index (κ1) is 23.7. The number of ether oxygens (including phenoxy) is 1. The van der Waals surface area contributed by atoms with E-state index in [4.69, 9.17) is 15.6 Å². The van der Waals surface area contributed by atoms with Crippen LogP contribution in [0.2, 0.25) is 0 Å². The number of phenolic OH excluding ortho intramolecular Hbond substituents is 1. The Balaban J connectivity index is 1.65. The molecule has 0 bridgehead atoms. The minimum absolute atomic E-state index is 0.0136. The molecule has 0 aliphatic rings. The number of aromatic nitrogens is 4. The van der Waals surface area contributed by atoms with Crippen LogP contribution in [0.25, 0.3) is 22.3 Å². The van der Waals surface area contributed by atoms with Crippen LogP contribution in [0.3, 0.4) is 0 Å². The van der Waals surface area contributed by atoms with Gasteiger partial charge in [-0.05, 0) is 36.3 Å². The summed E-state index contributed by atoms with van der Waals surface area (Å²) in [6, 6.07) is 14.9. The molecule has 1 amide bonds. The van der Waals surface area contributed by atoms with Crippen molar-refractivity contribution < 1.29 is 14.6 Å². The minimum atomic E-state index is -0.174. The average Bonchev–Trinajstić information content (AvgIpc) is 3.26. The van der Waals surface area contributed by atoms with Gasteiger partial charge in [0.2, 0.25) is 5.91 Å². The maximum absolute atomic E-state index is 12.5. The molecule has 0 aliphatic heterocycles. The van der Waals surface area contributed by atoms with Crippen LogP contribution in [0.15, 0.2) is 67.5 Å². The van der Waals surface area contributed by atoms with Gasteiger partial charge in [0.15, 0.2) is 17.1 Å². The molecule has 0 radical (unpaired) electrons. The second kappa shape index (κ2) is 10.7. The molecule has 3 N–H and O–H groups in total.